The number of alkyl halides is 3. The van der Waals surface area contributed by atoms with Crippen molar-refractivity contribution in [3.63, 3.8) is 0 Å². The largest absolute Gasteiger partial charge is 0.488 e. The van der Waals surface area contributed by atoms with Gasteiger partial charge in [0.1, 0.15) is 17.4 Å². The summed E-state index contributed by atoms with van der Waals surface area (Å²) < 4.78 is 53.8. The van der Waals surface area contributed by atoms with Crippen LogP contribution in [0.2, 0.25) is 5.02 Å². The average molecular weight is 524 g/mol. The lowest BCUT2D eigenvalue weighted by molar-refractivity contribution is -0.137. The predicted octanol–water partition coefficient (Wildman–Crippen LogP) is 6.05. The van der Waals surface area contributed by atoms with E-state index in [9.17, 15) is 18.0 Å². The first-order valence-corrected chi connectivity index (χ1v) is 11.2. The third-order valence-electron chi connectivity index (χ3n) is 4.74. The van der Waals surface area contributed by atoms with Crippen molar-refractivity contribution in [1.82, 2.24) is 15.1 Å². The highest BCUT2D eigenvalue weighted by Crippen LogP contribution is 2.31. The van der Waals surface area contributed by atoms with Crippen LogP contribution in [0, 0.1) is 0 Å². The van der Waals surface area contributed by atoms with Gasteiger partial charge in [0, 0.05) is 12.7 Å². The molecule has 0 fully saturated rings. The Morgan fingerprint density at radius 2 is 1.91 bits per heavy atom. The molecular formula is C23H17ClF3N3O4S. The number of H-pyrrole nitrogens is 1. The fourth-order valence-electron chi connectivity index (χ4n) is 3.06. The third kappa shape index (κ3) is 6.18. The smallest absolute Gasteiger partial charge is 0.439 e. The Balaban J connectivity index is 1.46. The Kier molecular flexibility index (Phi) is 7.39. The second kappa shape index (κ2) is 10.5. The Morgan fingerprint density at radius 3 is 2.54 bits per heavy atom. The molecule has 1 N–H and O–H groups in total. The molecule has 7 nitrogen and oxygen atoms in total. The highest BCUT2D eigenvalue weighted by atomic mass is 35.5. The van der Waals surface area contributed by atoms with Gasteiger partial charge in [0.2, 0.25) is 0 Å². The first-order valence-electron chi connectivity index (χ1n) is 10.0. The summed E-state index contributed by atoms with van der Waals surface area (Å²) in [6, 6.07) is 9.78. The van der Waals surface area contributed by atoms with Gasteiger partial charge in [-0.15, -0.1) is 11.3 Å². The molecular weight excluding hydrogens is 507 g/mol. The summed E-state index contributed by atoms with van der Waals surface area (Å²) in [5, 5.41) is 4.58. The molecule has 0 radical (unpaired) electrons. The number of rotatable bonds is 8. The molecule has 0 saturated heterocycles. The molecule has 2 heterocycles. The SMILES string of the molecule is COCc1nc(C=Cc2ccc(C(F)(F)F)cc2)sc1COc1ccc(-c2noc(=O)[nH]2)c(Cl)c1. The van der Waals surface area contributed by atoms with Gasteiger partial charge in [-0.3, -0.25) is 9.51 Å². The van der Waals surface area contributed by atoms with E-state index in [0.717, 1.165) is 17.0 Å². The van der Waals surface area contributed by atoms with E-state index in [-0.39, 0.29) is 19.0 Å². The molecule has 2 aromatic heterocycles. The zero-order valence-electron chi connectivity index (χ0n) is 18.1. The molecule has 35 heavy (non-hydrogen) atoms. The van der Waals surface area contributed by atoms with Crippen LogP contribution >= 0.6 is 22.9 Å². The van der Waals surface area contributed by atoms with Crippen LogP contribution in [0.3, 0.4) is 0 Å². The maximum Gasteiger partial charge on any atom is 0.439 e. The van der Waals surface area contributed by atoms with E-state index in [0.29, 0.717) is 32.6 Å². The second-order valence-corrected chi connectivity index (χ2v) is 8.70. The molecule has 182 valence electrons. The number of benzene rings is 2. The normalized spacial score (nSPS) is 11.9. The van der Waals surface area contributed by atoms with E-state index in [2.05, 4.69) is 19.6 Å². The topological polar surface area (TPSA) is 90.2 Å². The first kappa shape index (κ1) is 24.7. The molecule has 0 spiro atoms. The van der Waals surface area contributed by atoms with E-state index in [1.807, 2.05) is 0 Å². The number of ether oxygens (including phenoxy) is 2. The number of hydrogen-bond donors (Lipinski definition) is 1. The summed E-state index contributed by atoms with van der Waals surface area (Å²) >= 11 is 7.66. The van der Waals surface area contributed by atoms with E-state index in [1.165, 1.54) is 23.5 Å². The predicted molar refractivity (Wildman–Crippen MR) is 125 cm³/mol. The molecule has 0 aliphatic carbocycles. The van der Waals surface area contributed by atoms with E-state index in [1.54, 1.807) is 37.5 Å². The molecule has 0 aliphatic rings. The summed E-state index contributed by atoms with van der Waals surface area (Å²) in [5.74, 6) is 0.0134. The van der Waals surface area contributed by atoms with Crippen LogP contribution in [0.1, 0.15) is 26.7 Å². The van der Waals surface area contributed by atoms with Crippen LogP contribution in [-0.2, 0) is 24.1 Å². The van der Waals surface area contributed by atoms with Gasteiger partial charge in [-0.05, 0) is 42.0 Å². The maximum atomic E-state index is 12.7. The van der Waals surface area contributed by atoms with Crippen molar-refractivity contribution >= 4 is 35.1 Å². The lowest BCUT2D eigenvalue weighted by atomic mass is 10.1. The molecule has 0 unspecified atom stereocenters. The lowest BCUT2D eigenvalue weighted by Crippen LogP contribution is -2.03. The van der Waals surface area contributed by atoms with Gasteiger partial charge in [0.25, 0.3) is 0 Å². The number of aromatic nitrogens is 3. The second-order valence-electron chi connectivity index (χ2n) is 7.18. The van der Waals surface area contributed by atoms with Gasteiger partial charge < -0.3 is 9.47 Å². The number of thiazole rings is 1. The average Bonchev–Trinajstić information content (AvgIpc) is 3.42. The Labute approximate surface area is 205 Å². The van der Waals surface area contributed by atoms with Crippen molar-refractivity contribution in [3.8, 4) is 17.1 Å². The molecule has 0 atom stereocenters. The van der Waals surface area contributed by atoms with E-state index >= 15 is 0 Å². The van der Waals surface area contributed by atoms with Gasteiger partial charge in [0.15, 0.2) is 5.82 Å². The molecule has 12 heteroatoms. The number of halogens is 4. The standard InChI is InChI=1S/C23H17ClF3N3O4S/c1-32-11-18-19(12-33-15-7-8-16(17(24)10-15)21-29-22(31)34-30-21)35-20(28-18)9-4-13-2-5-14(6-3-13)23(25,26)27/h2-10H,11-12H2,1H3,(H,29,30,31). The molecule has 4 rings (SSSR count). The monoisotopic (exact) mass is 523 g/mol. The highest BCUT2D eigenvalue weighted by Gasteiger charge is 2.29. The zero-order valence-corrected chi connectivity index (χ0v) is 19.6. The van der Waals surface area contributed by atoms with Crippen molar-refractivity contribution < 1.29 is 27.2 Å². The molecule has 0 aliphatic heterocycles. The molecule has 0 amide bonds. The number of aromatic amines is 1. The summed E-state index contributed by atoms with van der Waals surface area (Å²) in [6.45, 7) is 0.462. The van der Waals surface area contributed by atoms with Gasteiger partial charge in [0.05, 0.1) is 27.8 Å². The fourth-order valence-corrected chi connectivity index (χ4v) is 4.20. The summed E-state index contributed by atoms with van der Waals surface area (Å²) in [6.07, 6.45) is -0.964. The molecule has 2 aromatic carbocycles. The van der Waals surface area contributed by atoms with Gasteiger partial charge >= 0.3 is 11.9 Å². The third-order valence-corrected chi connectivity index (χ3v) is 6.09. The van der Waals surface area contributed by atoms with E-state index < -0.39 is 17.5 Å². The van der Waals surface area contributed by atoms with Crippen molar-refractivity contribution in [2.45, 2.75) is 19.4 Å². The van der Waals surface area contributed by atoms with Gasteiger partial charge in [-0.25, -0.2) is 9.78 Å². The number of hydrogen-bond acceptors (Lipinski definition) is 7. The summed E-state index contributed by atoms with van der Waals surface area (Å²) in [4.78, 5) is 18.9. The van der Waals surface area contributed by atoms with Crippen molar-refractivity contribution in [2.24, 2.45) is 0 Å². The lowest BCUT2D eigenvalue weighted by Gasteiger charge is -2.08. The zero-order chi connectivity index (χ0) is 25.0. The quantitative estimate of drug-likeness (QED) is 0.302. The molecule has 0 bridgehead atoms. The van der Waals surface area contributed by atoms with E-state index in [4.69, 9.17) is 21.1 Å². The van der Waals surface area contributed by atoms with Crippen LogP contribution in [0.25, 0.3) is 23.5 Å². The van der Waals surface area contributed by atoms with Crippen LogP contribution in [0.4, 0.5) is 13.2 Å². The molecule has 0 saturated carbocycles. The van der Waals surface area contributed by atoms with Crippen molar-refractivity contribution in [3.05, 3.63) is 84.7 Å². The number of nitrogens with zero attached hydrogens (tertiary/aromatic N) is 2. The van der Waals surface area contributed by atoms with Crippen LogP contribution in [0.5, 0.6) is 5.75 Å². The molecule has 4 aromatic rings. The minimum absolute atomic E-state index is 0.195. The summed E-state index contributed by atoms with van der Waals surface area (Å²) in [7, 11) is 1.55. The Morgan fingerprint density at radius 1 is 1.14 bits per heavy atom. The Hall–Kier alpha value is -3.41. The number of nitrogens with one attached hydrogen (secondary N) is 1. The highest BCUT2D eigenvalue weighted by molar-refractivity contribution is 7.12. The number of methoxy groups -OCH3 is 1. The Bertz CT molecular complexity index is 1390. The van der Waals surface area contributed by atoms with Crippen molar-refractivity contribution in [1.29, 1.82) is 0 Å². The van der Waals surface area contributed by atoms with Crippen molar-refractivity contribution in [2.75, 3.05) is 7.11 Å². The van der Waals surface area contributed by atoms with Gasteiger partial charge in [-0.2, -0.15) is 13.2 Å². The first-order chi connectivity index (χ1) is 16.7. The van der Waals surface area contributed by atoms with Crippen LogP contribution < -0.4 is 10.5 Å². The fraction of sp³-hybridized carbons (Fsp3) is 0.174. The minimum Gasteiger partial charge on any atom is -0.488 e. The maximum absolute atomic E-state index is 12.7. The van der Waals surface area contributed by atoms with Crippen LogP contribution in [-0.4, -0.2) is 22.2 Å². The summed E-state index contributed by atoms with van der Waals surface area (Å²) in [5.41, 5.74) is 1.08. The minimum atomic E-state index is -4.37. The van der Waals surface area contributed by atoms with Crippen LogP contribution in [0.15, 0.2) is 51.8 Å². The van der Waals surface area contributed by atoms with Gasteiger partial charge in [-0.1, -0.05) is 35.0 Å².